The summed E-state index contributed by atoms with van der Waals surface area (Å²) in [6, 6.07) is 19.7. The Morgan fingerprint density at radius 2 is 1.96 bits per heavy atom. The number of fused-ring (bicyclic) bond motifs is 1. The highest BCUT2D eigenvalue weighted by Gasteiger charge is 2.23. The first-order valence-corrected chi connectivity index (χ1v) is 8.84. The lowest BCUT2D eigenvalue weighted by Crippen LogP contribution is -2.24. The van der Waals surface area contributed by atoms with Crippen LogP contribution in [-0.2, 0) is 13.2 Å². The van der Waals surface area contributed by atoms with Crippen LogP contribution in [0.15, 0.2) is 60.7 Å². The number of rotatable bonds is 5. The van der Waals surface area contributed by atoms with Gasteiger partial charge in [0.1, 0.15) is 18.2 Å². The van der Waals surface area contributed by atoms with E-state index in [4.69, 9.17) is 4.74 Å². The van der Waals surface area contributed by atoms with Crippen molar-refractivity contribution in [3.05, 3.63) is 66.2 Å². The smallest absolute Gasteiger partial charge is 0.320 e. The Kier molecular flexibility index (Phi) is 4.65. The van der Waals surface area contributed by atoms with E-state index in [-0.39, 0.29) is 6.03 Å². The van der Waals surface area contributed by atoms with Crippen molar-refractivity contribution in [3.8, 4) is 5.75 Å². The lowest BCUT2D eigenvalue weighted by atomic mass is 10.2. The van der Waals surface area contributed by atoms with E-state index < -0.39 is 0 Å². The van der Waals surface area contributed by atoms with Gasteiger partial charge in [-0.25, -0.2) is 9.48 Å². The van der Waals surface area contributed by atoms with Crippen molar-refractivity contribution in [2.24, 2.45) is 0 Å². The first-order valence-electron chi connectivity index (χ1n) is 8.84. The van der Waals surface area contributed by atoms with Gasteiger partial charge in [0, 0.05) is 31.4 Å². The van der Waals surface area contributed by atoms with Crippen LogP contribution in [0, 0.1) is 0 Å². The Morgan fingerprint density at radius 1 is 1.11 bits per heavy atom. The van der Waals surface area contributed by atoms with Crippen LogP contribution < -0.4 is 20.3 Å². The minimum Gasteiger partial charge on any atom is -0.489 e. The minimum absolute atomic E-state index is 0.283. The maximum atomic E-state index is 11.5. The Hall–Kier alpha value is -3.48. The zero-order valence-electron chi connectivity index (χ0n) is 15.1. The van der Waals surface area contributed by atoms with E-state index in [0.29, 0.717) is 12.4 Å². The lowest BCUT2D eigenvalue weighted by Gasteiger charge is -2.18. The second kappa shape index (κ2) is 7.41. The molecular weight excluding hydrogens is 342 g/mol. The number of carbonyl (C=O) groups excluding carboxylic acids is 1. The molecule has 3 aromatic rings. The van der Waals surface area contributed by atoms with Crippen molar-refractivity contribution < 1.29 is 9.53 Å². The third-order valence-electron chi connectivity index (χ3n) is 4.42. The average Bonchev–Trinajstić information content (AvgIpc) is 3.27. The summed E-state index contributed by atoms with van der Waals surface area (Å²) in [5.74, 6) is 2.30. The van der Waals surface area contributed by atoms with Gasteiger partial charge in [-0.1, -0.05) is 36.4 Å². The predicted octanol–water partition coefficient (Wildman–Crippen LogP) is 3.37. The zero-order valence-corrected chi connectivity index (χ0v) is 15.1. The van der Waals surface area contributed by atoms with Gasteiger partial charge >= 0.3 is 6.03 Å². The lowest BCUT2D eigenvalue weighted by molar-refractivity contribution is 0.254. The molecule has 0 saturated carbocycles. The molecule has 7 nitrogen and oxygen atoms in total. The molecule has 0 aliphatic carbocycles. The number of hydrogen-bond donors (Lipinski definition) is 2. The second-order valence-corrected chi connectivity index (χ2v) is 6.24. The number of amides is 2. The standard InChI is InChI=1S/C20H21N5O2/c1-21-20(26)22-18-13-19-24(10-11-25(19)23-18)16-8-5-9-17(12-16)27-14-15-6-3-2-4-7-15/h2-9,12-13H,10-11,14H2,1H3,(H2,21,22,23,26). The van der Waals surface area contributed by atoms with Crippen LogP contribution in [0.1, 0.15) is 5.56 Å². The molecule has 4 rings (SSSR count). The number of carbonyl (C=O) groups is 1. The molecule has 27 heavy (non-hydrogen) atoms. The molecule has 2 N–H and O–H groups in total. The summed E-state index contributed by atoms with van der Waals surface area (Å²) in [5, 5.41) is 9.66. The quantitative estimate of drug-likeness (QED) is 0.729. The molecular formula is C20H21N5O2. The zero-order chi connectivity index (χ0) is 18.6. The molecule has 0 atom stereocenters. The van der Waals surface area contributed by atoms with E-state index in [9.17, 15) is 4.79 Å². The highest BCUT2D eigenvalue weighted by Crippen LogP contribution is 2.33. The summed E-state index contributed by atoms with van der Waals surface area (Å²) in [5.41, 5.74) is 2.16. The van der Waals surface area contributed by atoms with Crippen LogP contribution >= 0.6 is 0 Å². The molecule has 1 aromatic heterocycles. The first-order chi connectivity index (χ1) is 13.2. The van der Waals surface area contributed by atoms with E-state index in [1.54, 1.807) is 7.05 Å². The molecule has 0 bridgehead atoms. The van der Waals surface area contributed by atoms with E-state index >= 15 is 0 Å². The average molecular weight is 363 g/mol. The van der Waals surface area contributed by atoms with Crippen molar-refractivity contribution in [2.45, 2.75) is 13.2 Å². The summed E-state index contributed by atoms with van der Waals surface area (Å²) >= 11 is 0. The molecule has 2 amide bonds. The van der Waals surface area contributed by atoms with Crippen LogP contribution in [-0.4, -0.2) is 29.4 Å². The molecule has 1 aliphatic rings. The van der Waals surface area contributed by atoms with Crippen LogP contribution in [0.5, 0.6) is 5.75 Å². The first kappa shape index (κ1) is 17.0. The van der Waals surface area contributed by atoms with Gasteiger partial charge in [-0.15, -0.1) is 0 Å². The molecule has 2 heterocycles. The SMILES string of the molecule is CNC(=O)Nc1cc2n(n1)CCN2c1cccc(OCc2ccccc2)c1. The van der Waals surface area contributed by atoms with E-state index in [1.165, 1.54) is 0 Å². The maximum absolute atomic E-state index is 11.5. The van der Waals surface area contributed by atoms with Crippen molar-refractivity contribution in [3.63, 3.8) is 0 Å². The van der Waals surface area contributed by atoms with Gasteiger partial charge in [-0.2, -0.15) is 5.10 Å². The Labute approximate surface area is 157 Å². The summed E-state index contributed by atoms with van der Waals surface area (Å²) in [6.07, 6.45) is 0. The fraction of sp³-hybridized carbons (Fsp3) is 0.200. The van der Waals surface area contributed by atoms with Crippen molar-refractivity contribution >= 4 is 23.4 Å². The van der Waals surface area contributed by atoms with Crippen molar-refractivity contribution in [2.75, 3.05) is 23.8 Å². The molecule has 0 unspecified atom stereocenters. The molecule has 0 fully saturated rings. The van der Waals surface area contributed by atoms with Crippen LogP contribution in [0.25, 0.3) is 0 Å². The fourth-order valence-corrected chi connectivity index (χ4v) is 3.08. The molecule has 0 radical (unpaired) electrons. The van der Waals surface area contributed by atoms with Crippen molar-refractivity contribution in [1.29, 1.82) is 0 Å². The summed E-state index contributed by atoms with van der Waals surface area (Å²) in [6.45, 7) is 2.12. The molecule has 7 heteroatoms. The van der Waals surface area contributed by atoms with Gasteiger partial charge in [0.25, 0.3) is 0 Å². The number of urea groups is 1. The van der Waals surface area contributed by atoms with Crippen molar-refractivity contribution in [1.82, 2.24) is 15.1 Å². The summed E-state index contributed by atoms with van der Waals surface area (Å²) in [7, 11) is 1.58. The third kappa shape index (κ3) is 3.72. The van der Waals surface area contributed by atoms with Crippen LogP contribution in [0.2, 0.25) is 0 Å². The Morgan fingerprint density at radius 3 is 2.78 bits per heavy atom. The topological polar surface area (TPSA) is 71.4 Å². The summed E-state index contributed by atoms with van der Waals surface area (Å²) in [4.78, 5) is 13.7. The second-order valence-electron chi connectivity index (χ2n) is 6.24. The Bertz CT molecular complexity index is 939. The minimum atomic E-state index is -0.283. The van der Waals surface area contributed by atoms with Crippen LogP contribution in [0.4, 0.5) is 22.1 Å². The fourth-order valence-electron chi connectivity index (χ4n) is 3.08. The molecule has 1 aliphatic heterocycles. The monoisotopic (exact) mass is 363 g/mol. The number of benzene rings is 2. The number of nitrogens with one attached hydrogen (secondary N) is 2. The normalized spacial score (nSPS) is 12.6. The van der Waals surface area contributed by atoms with Gasteiger partial charge in [-0.3, -0.25) is 5.32 Å². The molecule has 0 spiro atoms. The van der Waals surface area contributed by atoms with Crippen LogP contribution in [0.3, 0.4) is 0 Å². The maximum Gasteiger partial charge on any atom is 0.320 e. The molecule has 138 valence electrons. The number of anilines is 3. The van der Waals surface area contributed by atoms with E-state index in [1.807, 2.05) is 65.3 Å². The number of ether oxygens (including phenoxy) is 1. The van der Waals surface area contributed by atoms with Gasteiger partial charge in [0.15, 0.2) is 5.82 Å². The van der Waals surface area contributed by atoms with E-state index in [2.05, 4.69) is 20.6 Å². The largest absolute Gasteiger partial charge is 0.489 e. The number of hydrogen-bond acceptors (Lipinski definition) is 4. The number of aromatic nitrogens is 2. The Balaban J connectivity index is 1.49. The van der Waals surface area contributed by atoms with E-state index in [0.717, 1.165) is 35.9 Å². The number of nitrogens with zero attached hydrogens (tertiary/aromatic N) is 3. The van der Waals surface area contributed by atoms with Gasteiger partial charge in [0.2, 0.25) is 0 Å². The third-order valence-corrected chi connectivity index (χ3v) is 4.42. The summed E-state index contributed by atoms with van der Waals surface area (Å²) < 4.78 is 7.83. The van der Waals surface area contributed by atoms with Gasteiger partial charge < -0.3 is 15.0 Å². The molecule has 0 saturated heterocycles. The van der Waals surface area contributed by atoms with Gasteiger partial charge in [-0.05, 0) is 17.7 Å². The predicted molar refractivity (Wildman–Crippen MR) is 105 cm³/mol. The highest BCUT2D eigenvalue weighted by atomic mass is 16.5. The highest BCUT2D eigenvalue weighted by molar-refractivity contribution is 5.88. The molecule has 2 aromatic carbocycles. The van der Waals surface area contributed by atoms with Gasteiger partial charge in [0.05, 0.1) is 6.54 Å².